The van der Waals surface area contributed by atoms with Gasteiger partial charge in [0.15, 0.2) is 17.2 Å². The number of benzene rings is 3. The Labute approximate surface area is 416 Å². The molecule has 5 aliphatic rings. The van der Waals surface area contributed by atoms with E-state index in [4.69, 9.17) is 14.2 Å². The van der Waals surface area contributed by atoms with Crippen LogP contribution in [0.3, 0.4) is 0 Å². The summed E-state index contributed by atoms with van der Waals surface area (Å²) in [7, 11) is -2.87. The van der Waals surface area contributed by atoms with Gasteiger partial charge in [-0.1, -0.05) is 52.0 Å². The number of amides is 1. The van der Waals surface area contributed by atoms with E-state index in [1.165, 1.54) is 42.9 Å². The highest BCUT2D eigenvalue weighted by molar-refractivity contribution is 7.90. The maximum Gasteiger partial charge on any atom is 0.297 e. The third kappa shape index (κ3) is 10.0. The second kappa shape index (κ2) is 19.6. The van der Waals surface area contributed by atoms with Gasteiger partial charge in [-0.2, -0.15) is 4.98 Å². The van der Waals surface area contributed by atoms with Crippen LogP contribution in [-0.2, 0) is 10.0 Å². The van der Waals surface area contributed by atoms with E-state index in [-0.39, 0.29) is 70.4 Å². The van der Waals surface area contributed by atoms with Crippen molar-refractivity contribution < 1.29 is 32.3 Å². The predicted molar refractivity (Wildman–Crippen MR) is 275 cm³/mol. The number of pyridine rings is 1. The van der Waals surface area contributed by atoms with Crippen molar-refractivity contribution in [1.29, 1.82) is 0 Å². The summed E-state index contributed by atoms with van der Waals surface area (Å²) in [6.07, 6.45) is 12.6. The number of nitro groups is 1. The average molecular weight is 989 g/mol. The van der Waals surface area contributed by atoms with E-state index in [9.17, 15) is 23.3 Å². The van der Waals surface area contributed by atoms with Crippen molar-refractivity contribution in [1.82, 2.24) is 24.9 Å². The summed E-state index contributed by atoms with van der Waals surface area (Å²) >= 11 is 0. The molecule has 1 spiro atoms. The van der Waals surface area contributed by atoms with Gasteiger partial charge in [-0.25, -0.2) is 13.1 Å². The third-order valence-electron chi connectivity index (χ3n) is 16.2. The number of carbonyl (C=O) groups excluding carboxylic acids is 1. The van der Waals surface area contributed by atoms with Gasteiger partial charge >= 0.3 is 0 Å². The number of ether oxygens (including phenoxy) is 3. The zero-order valence-corrected chi connectivity index (χ0v) is 42.4. The molecule has 2 saturated heterocycles. The molecule has 2 aliphatic carbocycles. The summed E-state index contributed by atoms with van der Waals surface area (Å²) < 4.78 is 49.3. The first-order chi connectivity index (χ1) is 34.1. The van der Waals surface area contributed by atoms with Crippen LogP contribution in [0.5, 0.6) is 23.1 Å². The minimum atomic E-state index is -4.68. The number of piperidine rings is 1. The third-order valence-corrected chi connectivity index (χ3v) is 17.6. The van der Waals surface area contributed by atoms with Crippen LogP contribution >= 0.6 is 0 Å². The lowest BCUT2D eigenvalue weighted by Gasteiger charge is -2.56. The molecular formula is C54H68N8O8S. The number of carbonyl (C=O) groups is 1. The van der Waals surface area contributed by atoms with E-state index >= 15 is 0 Å². The van der Waals surface area contributed by atoms with Crippen molar-refractivity contribution in [3.63, 3.8) is 0 Å². The minimum Gasteiger partial charge on any atom is -0.489 e. The highest BCUT2D eigenvalue weighted by atomic mass is 32.2. The molecule has 0 bridgehead atoms. The lowest BCUT2D eigenvalue weighted by Crippen LogP contribution is -2.54. The van der Waals surface area contributed by atoms with Gasteiger partial charge < -0.3 is 34.7 Å². The number of hydrogen-bond donors (Lipinski definition) is 4. The number of anilines is 2. The molecular weight excluding hydrogens is 921 g/mol. The standard InChI is InChI=1S/C54H68N8O8S/c1-34(2)40-9-6-7-10-41(40)44-11-8-23-61(44)38-31-54(32-38)19-24-60(25-20-54)37-12-13-42(46(28-37)70-48-27-36-16-21-56-50(36)58-52(48)68-26-22-55-5)51(63)59-71(66,67)39-29-45(62(64)65)49-47(30-39)69-33-43(57-49)35-14-17-53(3,4)18-15-35/h6-7,9-10,12-13,16,21,27-30,34-35,38,43-44,55,57H,8,11,14-15,17-20,22-26,31-33H2,1-5H3,(H,56,58)(H,59,63)/t43-,44+/m1/s1. The summed E-state index contributed by atoms with van der Waals surface area (Å²) in [5.74, 6) is 0.328. The number of rotatable bonds is 15. The molecule has 3 aromatic carbocycles. The monoisotopic (exact) mass is 988 g/mol. The number of aromatic nitrogens is 2. The van der Waals surface area contributed by atoms with Crippen LogP contribution in [0.4, 0.5) is 17.1 Å². The van der Waals surface area contributed by atoms with E-state index < -0.39 is 31.4 Å². The Bertz CT molecular complexity index is 2900. The number of fused-ring (bicyclic) bond motifs is 2. The second-order valence-electron chi connectivity index (χ2n) is 21.7. The maximum atomic E-state index is 14.4. The summed E-state index contributed by atoms with van der Waals surface area (Å²) in [4.78, 5) is 38.7. The van der Waals surface area contributed by atoms with Crippen molar-refractivity contribution in [3.8, 4) is 23.1 Å². The van der Waals surface area contributed by atoms with Gasteiger partial charge in [-0.3, -0.25) is 19.8 Å². The molecule has 4 fully saturated rings. The van der Waals surface area contributed by atoms with E-state index in [0.717, 1.165) is 75.3 Å². The number of H-pyrrole nitrogens is 1. The van der Waals surface area contributed by atoms with Crippen molar-refractivity contribution in [2.45, 2.75) is 121 Å². The van der Waals surface area contributed by atoms with Crippen LogP contribution in [0, 0.1) is 26.9 Å². The zero-order chi connectivity index (χ0) is 49.7. The number of sulfonamides is 1. The van der Waals surface area contributed by atoms with Crippen LogP contribution in [0.2, 0.25) is 0 Å². The number of hydrogen-bond acceptors (Lipinski definition) is 13. The second-order valence-corrected chi connectivity index (χ2v) is 23.4. The SMILES string of the molecule is CNCCOc1nc2[nH]ccc2cc1Oc1cc(N2CCC3(CC2)CC(N2CCC[C@H]2c2ccccc2C(C)C)C3)ccc1C(=O)NS(=O)(=O)c1cc2c(c([N+](=O)[O-])c1)N[C@@H](C1CCC(C)(C)CC1)CO2. The van der Waals surface area contributed by atoms with E-state index in [1.54, 1.807) is 24.4 Å². The molecule has 1 amide bonds. The Morgan fingerprint density at radius 3 is 2.51 bits per heavy atom. The van der Waals surface area contributed by atoms with Crippen molar-refractivity contribution >= 4 is 44.0 Å². The smallest absolute Gasteiger partial charge is 0.297 e. The molecule has 0 unspecified atom stereocenters. The van der Waals surface area contributed by atoms with Crippen LogP contribution in [0.25, 0.3) is 11.0 Å². The van der Waals surface area contributed by atoms with E-state index in [2.05, 4.69) is 87.1 Å². The largest absolute Gasteiger partial charge is 0.489 e. The average Bonchev–Trinajstić information content (AvgIpc) is 4.02. The fourth-order valence-corrected chi connectivity index (χ4v) is 13.0. The molecule has 2 atom stereocenters. The Kier molecular flexibility index (Phi) is 13.4. The molecule has 0 radical (unpaired) electrons. The van der Waals surface area contributed by atoms with Crippen molar-refractivity contribution in [2.75, 3.05) is 56.7 Å². The molecule has 4 N–H and O–H groups in total. The van der Waals surface area contributed by atoms with Crippen molar-refractivity contribution in [2.24, 2.45) is 16.7 Å². The number of nitrogens with zero attached hydrogens (tertiary/aromatic N) is 4. The van der Waals surface area contributed by atoms with E-state index in [0.29, 0.717) is 30.2 Å². The number of nitro benzene ring substituents is 1. The molecule has 5 heterocycles. The summed E-state index contributed by atoms with van der Waals surface area (Å²) in [5.41, 5.74) is 4.51. The van der Waals surface area contributed by atoms with Gasteiger partial charge in [0.05, 0.1) is 21.4 Å². The molecule has 71 heavy (non-hydrogen) atoms. The molecule has 378 valence electrons. The first-order valence-corrected chi connectivity index (χ1v) is 27.0. The fraction of sp³-hybridized carbons (Fsp3) is 0.519. The van der Waals surface area contributed by atoms with Crippen molar-refractivity contribution in [3.05, 3.63) is 99.7 Å². The number of likely N-dealkylation sites (N-methyl/N-ethyl adjacent to an activating group) is 1. The summed E-state index contributed by atoms with van der Waals surface area (Å²) in [6, 6.07) is 20.9. The van der Waals surface area contributed by atoms with Crippen LogP contribution in [-0.4, -0.2) is 92.6 Å². The lowest BCUT2D eigenvalue weighted by atomic mass is 9.59. The topological polar surface area (TPSA) is 193 Å². The Balaban J connectivity index is 0.889. The molecule has 5 aromatic rings. The van der Waals surface area contributed by atoms with Gasteiger partial charge in [0, 0.05) is 67.2 Å². The van der Waals surface area contributed by atoms with Gasteiger partial charge in [0.1, 0.15) is 24.6 Å². The van der Waals surface area contributed by atoms with Crippen LogP contribution < -0.4 is 34.5 Å². The van der Waals surface area contributed by atoms with Gasteiger partial charge in [0.2, 0.25) is 0 Å². The number of aromatic amines is 1. The van der Waals surface area contributed by atoms with Gasteiger partial charge in [0.25, 0.3) is 27.5 Å². The maximum absolute atomic E-state index is 14.4. The molecule has 2 saturated carbocycles. The summed E-state index contributed by atoms with van der Waals surface area (Å²) in [5, 5.41) is 19.7. The fourth-order valence-electron chi connectivity index (χ4n) is 12.0. The number of nitrogens with one attached hydrogen (secondary N) is 4. The Morgan fingerprint density at radius 2 is 1.76 bits per heavy atom. The molecule has 16 nitrogen and oxygen atoms in total. The Hall–Kier alpha value is -5.91. The zero-order valence-electron chi connectivity index (χ0n) is 41.6. The molecule has 10 rings (SSSR count). The van der Waals surface area contributed by atoms with Crippen LogP contribution in [0.1, 0.15) is 125 Å². The highest BCUT2D eigenvalue weighted by Crippen LogP contribution is 2.55. The first-order valence-electron chi connectivity index (χ1n) is 25.6. The highest BCUT2D eigenvalue weighted by Gasteiger charge is 2.50. The molecule has 17 heteroatoms. The lowest BCUT2D eigenvalue weighted by molar-refractivity contribution is -0.384. The van der Waals surface area contributed by atoms with Crippen LogP contribution in [0.15, 0.2) is 77.8 Å². The quantitative estimate of drug-likeness (QED) is 0.0440. The Morgan fingerprint density at radius 1 is 0.986 bits per heavy atom. The molecule has 3 aliphatic heterocycles. The summed E-state index contributed by atoms with van der Waals surface area (Å²) in [6.45, 7) is 12.9. The predicted octanol–water partition coefficient (Wildman–Crippen LogP) is 10.1. The first kappa shape index (κ1) is 48.7. The van der Waals surface area contributed by atoms with E-state index in [1.807, 2.05) is 19.2 Å². The molecule has 2 aromatic heterocycles. The number of likely N-dealkylation sites (tertiary alicyclic amines) is 1. The van der Waals surface area contributed by atoms with Gasteiger partial charge in [-0.05, 0) is 136 Å². The minimum absolute atomic E-state index is 0.0413. The van der Waals surface area contributed by atoms with Gasteiger partial charge in [-0.15, -0.1) is 0 Å². The normalized spacial score (nSPS) is 21.4.